The Hall–Kier alpha value is -1.65. The fourth-order valence-corrected chi connectivity index (χ4v) is 1.90. The third kappa shape index (κ3) is 3.68. The van der Waals surface area contributed by atoms with E-state index in [0.717, 1.165) is 24.3 Å². The van der Waals surface area contributed by atoms with Crippen LogP contribution in [0.4, 0.5) is 4.39 Å². The van der Waals surface area contributed by atoms with Crippen molar-refractivity contribution >= 4 is 11.6 Å². The molecule has 1 heterocycles. The van der Waals surface area contributed by atoms with Gasteiger partial charge in [0.25, 0.3) is 0 Å². The molecule has 1 N–H and O–H groups in total. The molecule has 2 aromatic rings. The van der Waals surface area contributed by atoms with Crippen molar-refractivity contribution in [1.82, 2.24) is 10.3 Å². The van der Waals surface area contributed by atoms with Crippen molar-refractivity contribution in [3.63, 3.8) is 0 Å². The van der Waals surface area contributed by atoms with E-state index in [4.69, 9.17) is 16.3 Å². The molecule has 20 heavy (non-hydrogen) atoms. The van der Waals surface area contributed by atoms with E-state index >= 15 is 0 Å². The maximum Gasteiger partial charge on any atom is 0.219 e. The van der Waals surface area contributed by atoms with Crippen LogP contribution in [0, 0.1) is 12.7 Å². The normalized spacial score (nSPS) is 10.6. The van der Waals surface area contributed by atoms with Gasteiger partial charge in [-0.2, -0.15) is 0 Å². The van der Waals surface area contributed by atoms with E-state index in [9.17, 15) is 4.39 Å². The predicted molar refractivity (Wildman–Crippen MR) is 77.8 cm³/mol. The van der Waals surface area contributed by atoms with Crippen LogP contribution in [0.25, 0.3) is 0 Å². The lowest BCUT2D eigenvalue weighted by molar-refractivity contribution is 0.459. The van der Waals surface area contributed by atoms with E-state index in [-0.39, 0.29) is 5.02 Å². The number of nitrogens with zero attached hydrogens (tertiary/aromatic N) is 1. The van der Waals surface area contributed by atoms with Crippen molar-refractivity contribution in [2.75, 3.05) is 6.54 Å². The molecule has 2 rings (SSSR count). The standard InChI is InChI=1S/C15H16ClFN2O/c1-3-18-9-11-4-7-15(19-10(11)2)20-12-5-6-14(17)13(16)8-12/h4-8,18H,3,9H2,1-2H3. The number of nitrogens with one attached hydrogen (secondary N) is 1. The third-order valence-corrected chi connectivity index (χ3v) is 3.14. The van der Waals surface area contributed by atoms with Gasteiger partial charge in [0.05, 0.1) is 5.02 Å². The first-order chi connectivity index (χ1) is 9.60. The first-order valence-corrected chi connectivity index (χ1v) is 6.78. The van der Waals surface area contributed by atoms with Crippen LogP contribution in [0.5, 0.6) is 11.6 Å². The SMILES string of the molecule is CCNCc1ccc(Oc2ccc(F)c(Cl)c2)nc1C. The molecule has 1 aromatic heterocycles. The molecular formula is C15H16ClFN2O. The third-order valence-electron chi connectivity index (χ3n) is 2.85. The molecule has 1 aromatic carbocycles. The van der Waals surface area contributed by atoms with Gasteiger partial charge in [0.1, 0.15) is 11.6 Å². The van der Waals surface area contributed by atoms with E-state index in [0.29, 0.717) is 11.6 Å². The van der Waals surface area contributed by atoms with Crippen LogP contribution in [-0.4, -0.2) is 11.5 Å². The van der Waals surface area contributed by atoms with Gasteiger partial charge in [-0.15, -0.1) is 0 Å². The van der Waals surface area contributed by atoms with Crippen LogP contribution in [0.15, 0.2) is 30.3 Å². The van der Waals surface area contributed by atoms with Gasteiger partial charge >= 0.3 is 0 Å². The van der Waals surface area contributed by atoms with Crippen LogP contribution < -0.4 is 10.1 Å². The molecule has 0 unspecified atom stereocenters. The molecule has 0 bridgehead atoms. The molecule has 0 aliphatic carbocycles. The molecular weight excluding hydrogens is 279 g/mol. The summed E-state index contributed by atoms with van der Waals surface area (Å²) < 4.78 is 18.6. The summed E-state index contributed by atoms with van der Waals surface area (Å²) in [7, 11) is 0. The van der Waals surface area contributed by atoms with Crippen LogP contribution in [0.2, 0.25) is 5.02 Å². The van der Waals surface area contributed by atoms with Crippen molar-refractivity contribution in [3.05, 3.63) is 52.4 Å². The predicted octanol–water partition coefficient (Wildman–Crippen LogP) is 4.08. The Morgan fingerprint density at radius 1 is 1.30 bits per heavy atom. The average Bonchev–Trinajstić information content (AvgIpc) is 2.42. The van der Waals surface area contributed by atoms with Crippen molar-refractivity contribution in [3.8, 4) is 11.6 Å². The molecule has 0 fully saturated rings. The van der Waals surface area contributed by atoms with Gasteiger partial charge in [-0.1, -0.05) is 24.6 Å². The van der Waals surface area contributed by atoms with Gasteiger partial charge in [0.15, 0.2) is 0 Å². The minimum atomic E-state index is -0.468. The monoisotopic (exact) mass is 294 g/mol. The molecule has 0 amide bonds. The first-order valence-electron chi connectivity index (χ1n) is 6.40. The van der Waals surface area contributed by atoms with Crippen LogP contribution in [0.1, 0.15) is 18.2 Å². The summed E-state index contributed by atoms with van der Waals surface area (Å²) in [6, 6.07) is 7.97. The molecule has 0 atom stereocenters. The van der Waals surface area contributed by atoms with Gasteiger partial charge in [-0.25, -0.2) is 9.37 Å². The molecule has 0 radical (unpaired) electrons. The van der Waals surface area contributed by atoms with E-state index in [2.05, 4.69) is 17.2 Å². The van der Waals surface area contributed by atoms with Crippen LogP contribution in [-0.2, 0) is 6.54 Å². The Kier molecular flexibility index (Phi) is 4.93. The number of benzene rings is 1. The molecule has 106 valence electrons. The van der Waals surface area contributed by atoms with Crippen LogP contribution in [0.3, 0.4) is 0 Å². The highest BCUT2D eigenvalue weighted by Gasteiger charge is 2.06. The topological polar surface area (TPSA) is 34.1 Å². The highest BCUT2D eigenvalue weighted by Crippen LogP contribution is 2.25. The Balaban J connectivity index is 2.13. The van der Waals surface area contributed by atoms with Gasteiger partial charge in [-0.05, 0) is 31.2 Å². The van der Waals surface area contributed by atoms with E-state index in [1.807, 2.05) is 13.0 Å². The smallest absolute Gasteiger partial charge is 0.219 e. The van der Waals surface area contributed by atoms with E-state index in [1.165, 1.54) is 18.2 Å². The van der Waals surface area contributed by atoms with Crippen molar-refractivity contribution in [2.45, 2.75) is 20.4 Å². The summed E-state index contributed by atoms with van der Waals surface area (Å²) in [5.74, 6) is 0.456. The maximum atomic E-state index is 13.1. The fourth-order valence-electron chi connectivity index (χ4n) is 1.73. The lowest BCUT2D eigenvalue weighted by Gasteiger charge is -2.09. The van der Waals surface area contributed by atoms with Crippen molar-refractivity contribution in [1.29, 1.82) is 0 Å². The van der Waals surface area contributed by atoms with Crippen molar-refractivity contribution in [2.24, 2.45) is 0 Å². The molecule has 0 spiro atoms. The summed E-state index contributed by atoms with van der Waals surface area (Å²) in [5, 5.41) is 3.28. The largest absolute Gasteiger partial charge is 0.439 e. The zero-order chi connectivity index (χ0) is 14.5. The van der Waals surface area contributed by atoms with E-state index in [1.54, 1.807) is 6.07 Å². The second-order valence-electron chi connectivity index (χ2n) is 4.35. The Morgan fingerprint density at radius 2 is 2.10 bits per heavy atom. The summed E-state index contributed by atoms with van der Waals surface area (Å²) in [5.41, 5.74) is 2.02. The lowest BCUT2D eigenvalue weighted by atomic mass is 10.2. The second-order valence-corrected chi connectivity index (χ2v) is 4.76. The number of aromatic nitrogens is 1. The average molecular weight is 295 g/mol. The Bertz CT molecular complexity index is 604. The minimum absolute atomic E-state index is 0.0305. The Labute approximate surface area is 122 Å². The summed E-state index contributed by atoms with van der Waals surface area (Å²) >= 11 is 5.71. The fraction of sp³-hybridized carbons (Fsp3) is 0.267. The lowest BCUT2D eigenvalue weighted by Crippen LogP contribution is -2.13. The number of hydrogen-bond acceptors (Lipinski definition) is 3. The Morgan fingerprint density at radius 3 is 2.75 bits per heavy atom. The number of pyridine rings is 1. The maximum absolute atomic E-state index is 13.1. The number of rotatable bonds is 5. The van der Waals surface area contributed by atoms with Crippen molar-refractivity contribution < 1.29 is 9.13 Å². The second kappa shape index (κ2) is 6.68. The zero-order valence-electron chi connectivity index (χ0n) is 11.4. The van der Waals surface area contributed by atoms with Crippen LogP contribution >= 0.6 is 11.6 Å². The first kappa shape index (κ1) is 14.8. The summed E-state index contributed by atoms with van der Waals surface area (Å²) in [4.78, 5) is 4.37. The summed E-state index contributed by atoms with van der Waals surface area (Å²) in [6.45, 7) is 5.67. The van der Waals surface area contributed by atoms with Gasteiger partial charge in [0.2, 0.25) is 5.88 Å². The van der Waals surface area contributed by atoms with Gasteiger partial charge < -0.3 is 10.1 Å². The van der Waals surface area contributed by atoms with Gasteiger partial charge in [-0.3, -0.25) is 0 Å². The number of ether oxygens (including phenoxy) is 1. The molecule has 0 aliphatic heterocycles. The molecule has 0 saturated heterocycles. The summed E-state index contributed by atoms with van der Waals surface area (Å²) in [6.07, 6.45) is 0. The number of aryl methyl sites for hydroxylation is 1. The number of hydrogen-bond donors (Lipinski definition) is 1. The van der Waals surface area contributed by atoms with Gasteiger partial charge in [0, 0.05) is 24.4 Å². The van der Waals surface area contributed by atoms with E-state index < -0.39 is 5.82 Å². The minimum Gasteiger partial charge on any atom is -0.439 e. The molecule has 0 saturated carbocycles. The highest BCUT2D eigenvalue weighted by atomic mass is 35.5. The molecule has 0 aliphatic rings. The quantitative estimate of drug-likeness (QED) is 0.902. The highest BCUT2D eigenvalue weighted by molar-refractivity contribution is 6.30. The molecule has 3 nitrogen and oxygen atoms in total. The zero-order valence-corrected chi connectivity index (χ0v) is 12.2. The number of halogens is 2. The molecule has 5 heteroatoms.